The third-order valence-electron chi connectivity index (χ3n) is 3.11. The number of amides is 1. The van der Waals surface area contributed by atoms with E-state index in [1.54, 1.807) is 6.20 Å². The lowest BCUT2D eigenvalue weighted by Crippen LogP contribution is -2.20. The molecule has 1 amide bonds. The molecule has 5 nitrogen and oxygen atoms in total. The Morgan fingerprint density at radius 1 is 1.39 bits per heavy atom. The van der Waals surface area contributed by atoms with Crippen molar-refractivity contribution in [2.45, 2.75) is 6.42 Å². The number of pyridine rings is 1. The summed E-state index contributed by atoms with van der Waals surface area (Å²) in [5, 5.41) is 6.91. The zero-order chi connectivity index (χ0) is 12.4. The van der Waals surface area contributed by atoms with Crippen molar-refractivity contribution in [2.24, 2.45) is 0 Å². The molecule has 0 saturated carbocycles. The molecule has 18 heavy (non-hydrogen) atoms. The fraction of sp³-hybridized carbons (Fsp3) is 0.231. The molecule has 2 aromatic heterocycles. The molecule has 0 fully saturated rings. The number of anilines is 1. The molecule has 3 rings (SSSR count). The minimum Gasteiger partial charge on any atom is -0.339 e. The van der Waals surface area contributed by atoms with Crippen LogP contribution < -0.4 is 10.6 Å². The third kappa shape index (κ3) is 2.00. The van der Waals surface area contributed by atoms with Gasteiger partial charge >= 0.3 is 0 Å². The van der Waals surface area contributed by atoms with E-state index in [4.69, 9.17) is 0 Å². The molecular formula is C13H14N4O. The van der Waals surface area contributed by atoms with Crippen LogP contribution in [0.1, 0.15) is 12.1 Å². The largest absolute Gasteiger partial charge is 0.339 e. The molecule has 5 heteroatoms. The summed E-state index contributed by atoms with van der Waals surface area (Å²) in [6.07, 6.45) is 5.52. The van der Waals surface area contributed by atoms with Crippen molar-refractivity contribution in [1.82, 2.24) is 15.3 Å². The van der Waals surface area contributed by atoms with Crippen LogP contribution in [0.4, 0.5) is 5.69 Å². The second-order valence-electron chi connectivity index (χ2n) is 4.29. The van der Waals surface area contributed by atoms with E-state index in [1.807, 2.05) is 6.07 Å². The maximum atomic E-state index is 10.4. The number of carbonyl (C=O) groups is 1. The number of nitrogens with zero attached hydrogens (tertiary/aromatic N) is 1. The maximum absolute atomic E-state index is 10.4. The highest BCUT2D eigenvalue weighted by molar-refractivity contribution is 5.86. The van der Waals surface area contributed by atoms with E-state index < -0.39 is 0 Å². The summed E-state index contributed by atoms with van der Waals surface area (Å²) < 4.78 is 0. The van der Waals surface area contributed by atoms with Gasteiger partial charge in [-0.2, -0.15) is 0 Å². The van der Waals surface area contributed by atoms with Crippen LogP contribution >= 0.6 is 0 Å². The minimum absolute atomic E-state index is 0.658. The van der Waals surface area contributed by atoms with Crippen molar-refractivity contribution in [3.05, 3.63) is 30.1 Å². The van der Waals surface area contributed by atoms with Gasteiger partial charge in [-0.25, -0.2) is 4.98 Å². The molecule has 0 saturated heterocycles. The van der Waals surface area contributed by atoms with Crippen LogP contribution in [-0.2, 0) is 4.79 Å². The van der Waals surface area contributed by atoms with Gasteiger partial charge in [-0.05, 0) is 30.7 Å². The minimum atomic E-state index is 0.658. The molecule has 0 radical (unpaired) electrons. The quantitative estimate of drug-likeness (QED) is 0.714. The van der Waals surface area contributed by atoms with E-state index in [2.05, 4.69) is 32.7 Å². The number of aromatic amines is 1. The topological polar surface area (TPSA) is 69.8 Å². The summed E-state index contributed by atoms with van der Waals surface area (Å²) in [4.78, 5) is 18.0. The van der Waals surface area contributed by atoms with Crippen LogP contribution in [0.15, 0.2) is 24.4 Å². The predicted octanol–water partition coefficient (Wildman–Crippen LogP) is 1.51. The number of rotatable bonds is 3. The van der Waals surface area contributed by atoms with Crippen LogP contribution in [0.3, 0.4) is 0 Å². The van der Waals surface area contributed by atoms with Gasteiger partial charge in [0, 0.05) is 17.6 Å². The Bertz CT molecular complexity index is 614. The summed E-state index contributed by atoms with van der Waals surface area (Å²) in [6, 6.07) is 3.99. The van der Waals surface area contributed by atoms with Crippen molar-refractivity contribution in [2.75, 3.05) is 18.4 Å². The molecular weight excluding hydrogens is 228 g/mol. The van der Waals surface area contributed by atoms with Gasteiger partial charge in [0.15, 0.2) is 0 Å². The van der Waals surface area contributed by atoms with E-state index in [0.29, 0.717) is 12.1 Å². The summed E-state index contributed by atoms with van der Waals surface area (Å²) >= 11 is 0. The van der Waals surface area contributed by atoms with Crippen molar-refractivity contribution < 1.29 is 4.79 Å². The molecule has 3 N–H and O–H groups in total. The summed E-state index contributed by atoms with van der Waals surface area (Å²) in [5.74, 6) is 0. The van der Waals surface area contributed by atoms with Gasteiger partial charge in [0.2, 0.25) is 6.41 Å². The fourth-order valence-corrected chi connectivity index (χ4v) is 2.20. The Balaban J connectivity index is 1.99. The Kier molecular flexibility index (Phi) is 2.82. The smallest absolute Gasteiger partial charge is 0.211 e. The molecule has 0 aromatic carbocycles. The van der Waals surface area contributed by atoms with Crippen molar-refractivity contribution >= 4 is 28.7 Å². The van der Waals surface area contributed by atoms with E-state index >= 15 is 0 Å². The van der Waals surface area contributed by atoms with Crippen LogP contribution in [-0.4, -0.2) is 29.5 Å². The highest BCUT2D eigenvalue weighted by Crippen LogP contribution is 2.24. The van der Waals surface area contributed by atoms with E-state index in [-0.39, 0.29) is 0 Å². The van der Waals surface area contributed by atoms with Gasteiger partial charge in [0.05, 0.1) is 11.9 Å². The average molecular weight is 242 g/mol. The van der Waals surface area contributed by atoms with E-state index in [1.165, 1.54) is 5.57 Å². The lowest BCUT2D eigenvalue weighted by Gasteiger charge is -2.12. The highest BCUT2D eigenvalue weighted by Gasteiger charge is 2.09. The monoisotopic (exact) mass is 242 g/mol. The van der Waals surface area contributed by atoms with Crippen LogP contribution in [0.5, 0.6) is 0 Å². The Hall–Kier alpha value is -2.14. The zero-order valence-corrected chi connectivity index (χ0v) is 9.86. The van der Waals surface area contributed by atoms with E-state index in [0.717, 1.165) is 36.2 Å². The highest BCUT2D eigenvalue weighted by atomic mass is 16.1. The molecule has 0 atom stereocenters. The van der Waals surface area contributed by atoms with Crippen molar-refractivity contribution in [3.8, 4) is 0 Å². The first-order valence-corrected chi connectivity index (χ1v) is 5.96. The first-order chi connectivity index (χ1) is 8.86. The van der Waals surface area contributed by atoms with Crippen molar-refractivity contribution in [1.29, 1.82) is 0 Å². The fourth-order valence-electron chi connectivity index (χ4n) is 2.20. The molecule has 0 unspecified atom stereocenters. The van der Waals surface area contributed by atoms with Crippen molar-refractivity contribution in [3.63, 3.8) is 0 Å². The number of hydrogen-bond acceptors (Lipinski definition) is 3. The predicted molar refractivity (Wildman–Crippen MR) is 71.2 cm³/mol. The van der Waals surface area contributed by atoms with Gasteiger partial charge in [-0.3, -0.25) is 4.79 Å². The number of H-pyrrole nitrogens is 1. The van der Waals surface area contributed by atoms with Crippen LogP contribution in [0.25, 0.3) is 16.6 Å². The number of carbonyl (C=O) groups excluding carboxylic acids is 1. The third-order valence-corrected chi connectivity index (χ3v) is 3.11. The molecule has 0 spiro atoms. The molecule has 92 valence electrons. The standard InChI is InChI=1S/C13H14N4O/c18-8-16-11-5-10-6-12(17-13(10)15-7-11)9-1-3-14-4-2-9/h1,5-8,14H,2-4H2,(H,15,17)(H,16,18). The maximum Gasteiger partial charge on any atom is 0.211 e. The van der Waals surface area contributed by atoms with Gasteiger partial charge in [0.25, 0.3) is 0 Å². The second-order valence-corrected chi connectivity index (χ2v) is 4.29. The van der Waals surface area contributed by atoms with Gasteiger partial charge in [0.1, 0.15) is 5.65 Å². The average Bonchev–Trinajstić information content (AvgIpc) is 2.83. The molecule has 3 heterocycles. The Morgan fingerprint density at radius 2 is 2.33 bits per heavy atom. The summed E-state index contributed by atoms with van der Waals surface area (Å²) in [6.45, 7) is 1.92. The first kappa shape index (κ1) is 11.0. The lowest BCUT2D eigenvalue weighted by molar-refractivity contribution is -0.105. The summed E-state index contributed by atoms with van der Waals surface area (Å²) in [7, 11) is 0. The number of nitrogens with one attached hydrogen (secondary N) is 3. The van der Waals surface area contributed by atoms with E-state index in [9.17, 15) is 4.79 Å². The second kappa shape index (κ2) is 4.62. The molecule has 1 aliphatic rings. The van der Waals surface area contributed by atoms with Crippen LogP contribution in [0, 0.1) is 0 Å². The number of aromatic nitrogens is 2. The molecule has 2 aromatic rings. The molecule has 0 bridgehead atoms. The zero-order valence-electron chi connectivity index (χ0n) is 9.86. The number of hydrogen-bond donors (Lipinski definition) is 3. The number of fused-ring (bicyclic) bond motifs is 1. The van der Waals surface area contributed by atoms with Crippen LogP contribution in [0.2, 0.25) is 0 Å². The SMILES string of the molecule is O=CNc1cnc2[nH]c(C3=CCNCC3)cc2c1. The molecule has 1 aliphatic heterocycles. The first-order valence-electron chi connectivity index (χ1n) is 5.96. The summed E-state index contributed by atoms with van der Waals surface area (Å²) in [5.41, 5.74) is 3.99. The Labute approximate surface area is 104 Å². The van der Waals surface area contributed by atoms with Gasteiger partial charge < -0.3 is 15.6 Å². The van der Waals surface area contributed by atoms with Gasteiger partial charge in [-0.1, -0.05) is 6.08 Å². The Morgan fingerprint density at radius 3 is 3.11 bits per heavy atom. The normalized spacial score (nSPS) is 15.4. The molecule has 0 aliphatic carbocycles. The van der Waals surface area contributed by atoms with Gasteiger partial charge in [-0.15, -0.1) is 0 Å². The lowest BCUT2D eigenvalue weighted by atomic mass is 10.1.